The molecule has 4 nitrogen and oxygen atoms in total. The Kier molecular flexibility index (Phi) is 5.44. The zero-order chi connectivity index (χ0) is 17.0. The minimum absolute atomic E-state index is 0.162. The second-order valence-electron chi connectivity index (χ2n) is 5.78. The van der Waals surface area contributed by atoms with Crippen molar-refractivity contribution in [1.82, 2.24) is 4.31 Å². The van der Waals surface area contributed by atoms with Crippen molar-refractivity contribution in [1.29, 1.82) is 0 Å². The monoisotopic (exact) mass is 333 g/mol. The summed E-state index contributed by atoms with van der Waals surface area (Å²) in [4.78, 5) is 0.213. The van der Waals surface area contributed by atoms with Crippen LogP contribution in [-0.4, -0.2) is 25.9 Å². The maximum atomic E-state index is 13.2. The zero-order valence-electron chi connectivity index (χ0n) is 14.0. The van der Waals surface area contributed by atoms with E-state index in [2.05, 4.69) is 0 Å². The molecule has 0 heterocycles. The maximum Gasteiger partial charge on any atom is 0.247 e. The molecule has 0 N–H and O–H groups in total. The van der Waals surface area contributed by atoms with Gasteiger partial charge in [0, 0.05) is 12.6 Å². The van der Waals surface area contributed by atoms with Gasteiger partial charge in [0.25, 0.3) is 0 Å². The molecule has 0 bridgehead atoms. The van der Waals surface area contributed by atoms with E-state index in [0.717, 1.165) is 11.1 Å². The molecule has 0 aromatic heterocycles. The van der Waals surface area contributed by atoms with E-state index in [1.165, 1.54) is 11.4 Å². The van der Waals surface area contributed by atoms with Gasteiger partial charge in [-0.2, -0.15) is 4.31 Å². The molecule has 2 aromatic carbocycles. The Labute approximate surface area is 138 Å². The molecule has 124 valence electrons. The van der Waals surface area contributed by atoms with E-state index in [4.69, 9.17) is 4.74 Å². The first-order valence-electron chi connectivity index (χ1n) is 7.56. The maximum absolute atomic E-state index is 13.2. The third kappa shape index (κ3) is 3.92. The number of methoxy groups -OCH3 is 1. The molecule has 23 heavy (non-hydrogen) atoms. The molecule has 0 aliphatic heterocycles. The standard InChI is InChI=1S/C18H23NO3S/c1-14(2)19(13-16-8-6-5-7-9-16)23(20,21)18-12-15(3)10-11-17(18)22-4/h5-12,14H,13H2,1-4H3. The van der Waals surface area contributed by atoms with Crippen molar-refractivity contribution < 1.29 is 13.2 Å². The fourth-order valence-electron chi connectivity index (χ4n) is 2.42. The van der Waals surface area contributed by atoms with Gasteiger partial charge in [-0.25, -0.2) is 8.42 Å². The van der Waals surface area contributed by atoms with Gasteiger partial charge in [-0.1, -0.05) is 36.4 Å². The Bertz CT molecular complexity index is 755. The third-order valence-corrected chi connectivity index (χ3v) is 5.71. The minimum Gasteiger partial charge on any atom is -0.495 e. The van der Waals surface area contributed by atoms with Gasteiger partial charge in [0.05, 0.1) is 7.11 Å². The molecule has 0 saturated carbocycles. The van der Waals surface area contributed by atoms with Crippen molar-refractivity contribution >= 4 is 10.0 Å². The Hall–Kier alpha value is -1.85. The van der Waals surface area contributed by atoms with Gasteiger partial charge in [0.2, 0.25) is 10.0 Å². The topological polar surface area (TPSA) is 46.6 Å². The van der Waals surface area contributed by atoms with Crippen molar-refractivity contribution in [2.75, 3.05) is 7.11 Å². The van der Waals surface area contributed by atoms with E-state index >= 15 is 0 Å². The molecule has 2 rings (SSSR count). The van der Waals surface area contributed by atoms with Crippen LogP contribution in [0.25, 0.3) is 0 Å². The number of sulfonamides is 1. The van der Waals surface area contributed by atoms with Crippen LogP contribution in [-0.2, 0) is 16.6 Å². The summed E-state index contributed by atoms with van der Waals surface area (Å²) in [7, 11) is -2.17. The molecule has 2 aromatic rings. The number of rotatable bonds is 6. The van der Waals surface area contributed by atoms with Crippen LogP contribution in [0.5, 0.6) is 5.75 Å². The number of hydrogen-bond donors (Lipinski definition) is 0. The lowest BCUT2D eigenvalue weighted by atomic mass is 10.2. The number of benzene rings is 2. The number of ether oxygens (including phenoxy) is 1. The number of aryl methyl sites for hydroxylation is 1. The van der Waals surface area contributed by atoms with Gasteiger partial charge >= 0.3 is 0 Å². The van der Waals surface area contributed by atoms with Gasteiger partial charge in [-0.3, -0.25) is 0 Å². The van der Waals surface area contributed by atoms with Gasteiger partial charge in [-0.05, 0) is 44.0 Å². The van der Waals surface area contributed by atoms with Gasteiger partial charge in [0.1, 0.15) is 10.6 Å². The average molecular weight is 333 g/mol. The second kappa shape index (κ2) is 7.15. The number of hydrogen-bond acceptors (Lipinski definition) is 3. The summed E-state index contributed by atoms with van der Waals surface area (Å²) in [5.41, 5.74) is 1.84. The summed E-state index contributed by atoms with van der Waals surface area (Å²) in [6.45, 7) is 5.96. The van der Waals surface area contributed by atoms with Crippen molar-refractivity contribution in [3.8, 4) is 5.75 Å². The van der Waals surface area contributed by atoms with E-state index in [1.807, 2.05) is 57.2 Å². The first-order chi connectivity index (χ1) is 10.9. The minimum atomic E-state index is -3.66. The van der Waals surface area contributed by atoms with Crippen LogP contribution in [0.2, 0.25) is 0 Å². The van der Waals surface area contributed by atoms with Gasteiger partial charge < -0.3 is 4.74 Å². The summed E-state index contributed by atoms with van der Waals surface area (Å²) in [5.74, 6) is 0.370. The lowest BCUT2D eigenvalue weighted by Gasteiger charge is -2.27. The van der Waals surface area contributed by atoms with Gasteiger partial charge in [-0.15, -0.1) is 0 Å². The predicted molar refractivity (Wildman–Crippen MR) is 92.0 cm³/mol. The van der Waals surface area contributed by atoms with Crippen LogP contribution < -0.4 is 4.74 Å². The molecule has 0 radical (unpaired) electrons. The Morgan fingerprint density at radius 2 is 1.74 bits per heavy atom. The Balaban J connectivity index is 2.47. The smallest absolute Gasteiger partial charge is 0.247 e. The lowest BCUT2D eigenvalue weighted by Crippen LogP contribution is -2.36. The fraction of sp³-hybridized carbons (Fsp3) is 0.333. The van der Waals surface area contributed by atoms with Crippen molar-refractivity contribution in [3.05, 3.63) is 59.7 Å². The molecule has 0 atom stereocenters. The Morgan fingerprint density at radius 3 is 2.30 bits per heavy atom. The van der Waals surface area contributed by atoms with Crippen LogP contribution in [0.3, 0.4) is 0 Å². The lowest BCUT2D eigenvalue weighted by molar-refractivity contribution is 0.343. The largest absolute Gasteiger partial charge is 0.495 e. The van der Waals surface area contributed by atoms with E-state index < -0.39 is 10.0 Å². The zero-order valence-corrected chi connectivity index (χ0v) is 14.8. The summed E-state index contributed by atoms with van der Waals surface area (Å²) in [6.07, 6.45) is 0. The highest BCUT2D eigenvalue weighted by Crippen LogP contribution is 2.29. The predicted octanol–water partition coefficient (Wildman–Crippen LogP) is 3.60. The molecule has 0 spiro atoms. The molecule has 0 saturated heterocycles. The van der Waals surface area contributed by atoms with Crippen LogP contribution in [0.1, 0.15) is 25.0 Å². The molecule has 0 aliphatic carbocycles. The highest BCUT2D eigenvalue weighted by atomic mass is 32.2. The van der Waals surface area contributed by atoms with E-state index in [1.54, 1.807) is 12.1 Å². The molecule has 0 unspecified atom stereocenters. The van der Waals surface area contributed by atoms with Crippen LogP contribution in [0.4, 0.5) is 0 Å². The van der Waals surface area contributed by atoms with Crippen LogP contribution in [0, 0.1) is 6.92 Å². The van der Waals surface area contributed by atoms with Crippen LogP contribution in [0.15, 0.2) is 53.4 Å². The Morgan fingerprint density at radius 1 is 1.09 bits per heavy atom. The molecule has 5 heteroatoms. The summed E-state index contributed by atoms with van der Waals surface area (Å²) in [6, 6.07) is 14.6. The normalized spacial score (nSPS) is 11.9. The highest BCUT2D eigenvalue weighted by molar-refractivity contribution is 7.89. The van der Waals surface area contributed by atoms with Gasteiger partial charge in [0.15, 0.2) is 0 Å². The van der Waals surface area contributed by atoms with Crippen molar-refractivity contribution in [2.45, 2.75) is 38.3 Å². The molecule has 0 fully saturated rings. The summed E-state index contributed by atoms with van der Waals surface area (Å²) < 4.78 is 33.1. The summed E-state index contributed by atoms with van der Waals surface area (Å²) >= 11 is 0. The molecule has 0 aliphatic rings. The summed E-state index contributed by atoms with van der Waals surface area (Å²) in [5, 5.41) is 0. The van der Waals surface area contributed by atoms with E-state index in [0.29, 0.717) is 12.3 Å². The molecule has 0 amide bonds. The van der Waals surface area contributed by atoms with Crippen molar-refractivity contribution in [2.24, 2.45) is 0 Å². The van der Waals surface area contributed by atoms with Crippen molar-refractivity contribution in [3.63, 3.8) is 0 Å². The van der Waals surface area contributed by atoms with E-state index in [9.17, 15) is 8.42 Å². The fourth-order valence-corrected chi connectivity index (χ4v) is 4.29. The third-order valence-electron chi connectivity index (χ3n) is 3.66. The second-order valence-corrected chi connectivity index (χ2v) is 7.64. The highest BCUT2D eigenvalue weighted by Gasteiger charge is 2.30. The number of nitrogens with zero attached hydrogens (tertiary/aromatic N) is 1. The molecular weight excluding hydrogens is 310 g/mol. The van der Waals surface area contributed by atoms with E-state index in [-0.39, 0.29) is 10.9 Å². The first-order valence-corrected chi connectivity index (χ1v) is 9.00. The quantitative estimate of drug-likeness (QED) is 0.811. The molecular formula is C18H23NO3S. The SMILES string of the molecule is COc1ccc(C)cc1S(=O)(=O)N(Cc1ccccc1)C(C)C. The van der Waals surface area contributed by atoms with Crippen LogP contribution >= 0.6 is 0 Å². The first kappa shape index (κ1) is 17.5. The average Bonchev–Trinajstić information content (AvgIpc) is 2.53.